The molecule has 9 heteroatoms. The maximum Gasteiger partial charge on any atom is 0.357 e. The highest BCUT2D eigenvalue weighted by Crippen LogP contribution is 2.18. The van der Waals surface area contributed by atoms with Crippen molar-refractivity contribution in [3.05, 3.63) is 72.0 Å². The third-order valence-electron chi connectivity index (χ3n) is 3.28. The number of hydrogen-bond donors (Lipinski definition) is 0. The molecule has 1 heterocycles. The lowest BCUT2D eigenvalue weighted by molar-refractivity contribution is -0.387. The van der Waals surface area contributed by atoms with Crippen LogP contribution in [-0.4, -0.2) is 14.1 Å². The fourth-order valence-corrected chi connectivity index (χ4v) is 2.04. The summed E-state index contributed by atoms with van der Waals surface area (Å²) in [6, 6.07) is 3.19. The largest absolute Gasteiger partial charge is 0.357 e. The van der Waals surface area contributed by atoms with E-state index in [1.807, 2.05) is 0 Å². The van der Waals surface area contributed by atoms with Crippen LogP contribution in [0.5, 0.6) is 0 Å². The molecule has 1 aromatic heterocycles. The second-order valence-electron chi connectivity index (χ2n) is 4.67. The minimum Gasteiger partial charge on any atom is -0.291 e. The van der Waals surface area contributed by atoms with Crippen LogP contribution < -0.4 is 11.2 Å². The van der Waals surface area contributed by atoms with Gasteiger partial charge in [-0.05, 0) is 24.3 Å². The van der Waals surface area contributed by atoms with E-state index in [0.29, 0.717) is 4.57 Å². The second kappa shape index (κ2) is 5.95. The molecule has 0 aliphatic heterocycles. The Hall–Kier alpha value is -3.10. The van der Waals surface area contributed by atoms with Gasteiger partial charge >= 0.3 is 16.9 Å². The molecule has 2 rings (SSSR count). The Morgan fingerprint density at radius 1 is 1.09 bits per heavy atom. The van der Waals surface area contributed by atoms with E-state index in [9.17, 15) is 28.5 Å². The molecule has 0 saturated heterocycles. The van der Waals surface area contributed by atoms with Crippen molar-refractivity contribution in [1.82, 2.24) is 9.13 Å². The molecule has 23 heavy (non-hydrogen) atoms. The predicted octanol–water partition coefficient (Wildman–Crippen LogP) is 1.44. The Kier molecular flexibility index (Phi) is 4.21. The van der Waals surface area contributed by atoms with Crippen molar-refractivity contribution in [3.63, 3.8) is 0 Å². The van der Waals surface area contributed by atoms with Gasteiger partial charge in [-0.3, -0.25) is 24.0 Å². The van der Waals surface area contributed by atoms with Gasteiger partial charge in [-0.15, -0.1) is 0 Å². The van der Waals surface area contributed by atoms with Crippen molar-refractivity contribution in [2.75, 3.05) is 0 Å². The van der Waals surface area contributed by atoms with Crippen molar-refractivity contribution >= 4 is 17.8 Å². The molecule has 7 nitrogen and oxygen atoms in total. The van der Waals surface area contributed by atoms with Crippen LogP contribution in [0.4, 0.5) is 14.5 Å². The smallest absolute Gasteiger partial charge is 0.291 e. The Balaban J connectivity index is 2.74. The van der Waals surface area contributed by atoms with Gasteiger partial charge in [0.25, 0.3) is 0 Å². The number of aromatic nitrogens is 2. The fraction of sp³-hybridized carbons (Fsp3) is 0.143. The van der Waals surface area contributed by atoms with Gasteiger partial charge in [-0.1, -0.05) is 6.07 Å². The topological polar surface area (TPSA) is 87.1 Å². The van der Waals surface area contributed by atoms with Gasteiger partial charge in [0.2, 0.25) is 0 Å². The first-order valence-electron chi connectivity index (χ1n) is 6.32. The Morgan fingerprint density at radius 2 is 1.65 bits per heavy atom. The summed E-state index contributed by atoms with van der Waals surface area (Å²) in [4.78, 5) is 33.9. The Bertz CT molecular complexity index is 924. The zero-order valence-electron chi connectivity index (χ0n) is 12.1. The molecule has 0 N–H and O–H groups in total. The van der Waals surface area contributed by atoms with E-state index in [1.165, 1.54) is 13.1 Å². The van der Waals surface area contributed by atoms with E-state index in [2.05, 4.69) is 0 Å². The highest BCUT2D eigenvalue weighted by Gasteiger charge is 2.23. The minimum atomic E-state index is -1.10. The lowest BCUT2D eigenvalue weighted by Gasteiger charge is -2.07. The van der Waals surface area contributed by atoms with Crippen molar-refractivity contribution in [3.8, 4) is 0 Å². The molecule has 0 fully saturated rings. The summed E-state index contributed by atoms with van der Waals surface area (Å²) in [6.07, 6.45) is 1.90. The summed E-state index contributed by atoms with van der Waals surface area (Å²) in [6.45, 7) is 0. The zero-order valence-corrected chi connectivity index (χ0v) is 12.1. The van der Waals surface area contributed by atoms with Crippen LogP contribution in [0.1, 0.15) is 11.3 Å². The first-order chi connectivity index (χ1) is 10.8. The van der Waals surface area contributed by atoms with Crippen LogP contribution in [0.15, 0.2) is 27.8 Å². The number of rotatable bonds is 3. The Labute approximate surface area is 127 Å². The van der Waals surface area contributed by atoms with Gasteiger partial charge < -0.3 is 0 Å². The summed E-state index contributed by atoms with van der Waals surface area (Å²) < 4.78 is 28.6. The summed E-state index contributed by atoms with van der Waals surface area (Å²) in [5.41, 5.74) is -3.55. The van der Waals surface area contributed by atoms with Gasteiger partial charge in [0.1, 0.15) is 17.3 Å². The van der Waals surface area contributed by atoms with Crippen LogP contribution in [0, 0.1) is 21.7 Å². The molecule has 0 bridgehead atoms. The van der Waals surface area contributed by atoms with Gasteiger partial charge in [0.15, 0.2) is 0 Å². The standard InChI is InChI=1S/C14H11F2N3O4/c1-17-11(7-6-8-9(15)4-3-5-10(8)16)12(19(22)23)13(20)18(2)14(17)21/h3-7H,1-2H3/b7-6+. The lowest BCUT2D eigenvalue weighted by atomic mass is 10.1. The molecule has 0 aliphatic rings. The molecule has 120 valence electrons. The summed E-state index contributed by atoms with van der Waals surface area (Å²) in [5, 5.41) is 11.1. The van der Waals surface area contributed by atoms with Crippen molar-refractivity contribution in [2.45, 2.75) is 0 Å². The lowest BCUT2D eigenvalue weighted by Crippen LogP contribution is -2.39. The van der Waals surface area contributed by atoms with Gasteiger partial charge in [0, 0.05) is 19.7 Å². The predicted molar refractivity (Wildman–Crippen MR) is 78.9 cm³/mol. The molecule has 0 aliphatic carbocycles. The average Bonchev–Trinajstić information content (AvgIpc) is 2.49. The third kappa shape index (κ3) is 2.80. The molecule has 0 saturated carbocycles. The number of halogens is 2. The fourth-order valence-electron chi connectivity index (χ4n) is 2.04. The maximum absolute atomic E-state index is 13.6. The molecule has 0 spiro atoms. The van der Waals surface area contributed by atoms with E-state index in [-0.39, 0.29) is 5.69 Å². The van der Waals surface area contributed by atoms with E-state index in [4.69, 9.17) is 0 Å². The average molecular weight is 323 g/mol. The first kappa shape index (κ1) is 16.3. The molecule has 0 amide bonds. The minimum absolute atomic E-state index is 0.356. The Morgan fingerprint density at radius 3 is 2.17 bits per heavy atom. The molecule has 1 aromatic carbocycles. The quantitative estimate of drug-likeness (QED) is 0.632. The molecular weight excluding hydrogens is 312 g/mol. The number of benzene rings is 1. The summed E-state index contributed by atoms with van der Waals surface area (Å²) >= 11 is 0. The highest BCUT2D eigenvalue weighted by atomic mass is 19.1. The summed E-state index contributed by atoms with van der Waals surface area (Å²) in [5.74, 6) is -1.75. The number of nitro groups is 1. The maximum atomic E-state index is 13.6. The van der Waals surface area contributed by atoms with Crippen LogP contribution in [-0.2, 0) is 14.1 Å². The normalized spacial score (nSPS) is 11.1. The first-order valence-corrected chi connectivity index (χ1v) is 6.32. The molecule has 0 unspecified atom stereocenters. The molecule has 0 atom stereocenters. The van der Waals surface area contributed by atoms with Gasteiger partial charge in [-0.25, -0.2) is 13.6 Å². The summed E-state index contributed by atoms with van der Waals surface area (Å²) in [7, 11) is 2.31. The van der Waals surface area contributed by atoms with E-state index < -0.39 is 39.1 Å². The third-order valence-corrected chi connectivity index (χ3v) is 3.28. The van der Waals surface area contributed by atoms with Crippen LogP contribution >= 0.6 is 0 Å². The number of nitrogens with zero attached hydrogens (tertiary/aromatic N) is 3. The van der Waals surface area contributed by atoms with Crippen molar-refractivity contribution in [2.24, 2.45) is 14.1 Å². The molecule has 0 radical (unpaired) electrons. The molecule has 2 aromatic rings. The van der Waals surface area contributed by atoms with E-state index >= 15 is 0 Å². The zero-order chi connectivity index (χ0) is 17.3. The van der Waals surface area contributed by atoms with Crippen LogP contribution in [0.25, 0.3) is 12.2 Å². The van der Waals surface area contributed by atoms with E-state index in [1.54, 1.807) is 0 Å². The highest BCUT2D eigenvalue weighted by molar-refractivity contribution is 5.72. The van der Waals surface area contributed by atoms with Crippen LogP contribution in [0.3, 0.4) is 0 Å². The van der Waals surface area contributed by atoms with Gasteiger partial charge in [0.05, 0.1) is 4.92 Å². The van der Waals surface area contributed by atoms with Crippen molar-refractivity contribution < 1.29 is 13.7 Å². The molecular formula is C14H11F2N3O4. The van der Waals surface area contributed by atoms with Gasteiger partial charge in [-0.2, -0.15) is 0 Å². The van der Waals surface area contributed by atoms with Crippen molar-refractivity contribution in [1.29, 1.82) is 0 Å². The second-order valence-corrected chi connectivity index (χ2v) is 4.67. The number of hydrogen-bond acceptors (Lipinski definition) is 4. The SMILES string of the molecule is Cn1c(/C=C/c2c(F)cccc2F)c([N+](=O)[O-])c(=O)n(C)c1=O. The van der Waals surface area contributed by atoms with Crippen LogP contribution in [0.2, 0.25) is 0 Å². The van der Waals surface area contributed by atoms with E-state index in [0.717, 1.165) is 35.9 Å². The monoisotopic (exact) mass is 323 g/mol.